The van der Waals surface area contributed by atoms with Crippen LogP contribution in [0.25, 0.3) is 0 Å². The number of amides is 1. The van der Waals surface area contributed by atoms with Gasteiger partial charge in [0, 0.05) is 12.0 Å². The molecule has 2 aromatic carbocycles. The number of primary sulfonamides is 1. The number of hydrogen-bond donors (Lipinski definition) is 2. The highest BCUT2D eigenvalue weighted by Crippen LogP contribution is 2.28. The molecule has 0 saturated heterocycles. The number of benzene rings is 2. The Balaban J connectivity index is 2.35. The van der Waals surface area contributed by atoms with E-state index in [1.54, 1.807) is 4.72 Å². The van der Waals surface area contributed by atoms with E-state index >= 15 is 0 Å². The summed E-state index contributed by atoms with van der Waals surface area (Å²) in [6.07, 6.45) is -3.06. The normalized spacial score (nSPS) is 12.2. The molecule has 0 spiro atoms. The molecule has 0 aromatic heterocycles. The van der Waals surface area contributed by atoms with Crippen LogP contribution < -0.4 is 14.6 Å². The number of ether oxygens (including phenoxy) is 1. The fourth-order valence-electron chi connectivity index (χ4n) is 2.68. The summed E-state index contributed by atoms with van der Waals surface area (Å²) in [5.74, 6) is -0.937. The van der Waals surface area contributed by atoms with E-state index in [0.717, 1.165) is 12.1 Å². The fraction of sp³-hybridized carbons (Fsp3) is 0.316. The number of halogens is 2. The van der Waals surface area contributed by atoms with Crippen LogP contribution in [0.5, 0.6) is 5.75 Å². The molecule has 12 heteroatoms. The lowest BCUT2D eigenvalue weighted by Crippen LogP contribution is -2.32. The van der Waals surface area contributed by atoms with E-state index in [1.807, 2.05) is 13.8 Å². The van der Waals surface area contributed by atoms with Crippen molar-refractivity contribution in [3.05, 3.63) is 53.6 Å². The molecule has 3 N–H and O–H groups in total. The Morgan fingerprint density at radius 2 is 1.68 bits per heavy atom. The number of sulfonamides is 2. The molecule has 0 aliphatic heterocycles. The van der Waals surface area contributed by atoms with E-state index < -0.39 is 48.6 Å². The predicted molar refractivity (Wildman–Crippen MR) is 109 cm³/mol. The highest BCUT2D eigenvalue weighted by atomic mass is 32.2. The lowest BCUT2D eigenvalue weighted by molar-refractivity contribution is 0.0978. The zero-order valence-electron chi connectivity index (χ0n) is 16.7. The van der Waals surface area contributed by atoms with Crippen molar-refractivity contribution >= 4 is 26.0 Å². The minimum atomic E-state index is -4.59. The fourth-order valence-corrected chi connectivity index (χ4v) is 5.04. The van der Waals surface area contributed by atoms with Crippen molar-refractivity contribution in [3.63, 3.8) is 0 Å². The van der Waals surface area contributed by atoms with Crippen LogP contribution in [0.15, 0.2) is 52.3 Å². The summed E-state index contributed by atoms with van der Waals surface area (Å²) >= 11 is 0. The second kappa shape index (κ2) is 9.71. The van der Waals surface area contributed by atoms with E-state index in [1.165, 1.54) is 30.3 Å². The van der Waals surface area contributed by atoms with Crippen molar-refractivity contribution in [1.29, 1.82) is 0 Å². The van der Waals surface area contributed by atoms with Gasteiger partial charge in [0.1, 0.15) is 15.5 Å². The molecule has 0 atom stereocenters. The molecule has 170 valence electrons. The minimum Gasteiger partial charge on any atom is -0.493 e. The summed E-state index contributed by atoms with van der Waals surface area (Å²) in [6.45, 7) is 3.38. The highest BCUT2D eigenvalue weighted by molar-refractivity contribution is 7.92. The lowest BCUT2D eigenvalue weighted by atomic mass is 10.00. The highest BCUT2D eigenvalue weighted by Gasteiger charge is 2.26. The average Bonchev–Trinajstić information content (AvgIpc) is 2.66. The van der Waals surface area contributed by atoms with Crippen LogP contribution in [0.1, 0.15) is 42.1 Å². The zero-order chi connectivity index (χ0) is 23.4. The number of nitrogens with one attached hydrogen (secondary N) is 1. The van der Waals surface area contributed by atoms with Gasteiger partial charge in [-0.3, -0.25) is 4.79 Å². The van der Waals surface area contributed by atoms with Crippen molar-refractivity contribution in [2.24, 2.45) is 5.14 Å². The van der Waals surface area contributed by atoms with E-state index in [-0.39, 0.29) is 23.8 Å². The quantitative estimate of drug-likeness (QED) is 0.572. The van der Waals surface area contributed by atoms with Gasteiger partial charge in [0.2, 0.25) is 16.4 Å². The second-order valence-corrected chi connectivity index (χ2v) is 10.0. The van der Waals surface area contributed by atoms with Crippen molar-refractivity contribution in [2.75, 3.05) is 6.61 Å². The first-order valence-electron chi connectivity index (χ1n) is 9.07. The lowest BCUT2D eigenvalue weighted by Gasteiger charge is -2.16. The van der Waals surface area contributed by atoms with E-state index in [9.17, 15) is 30.4 Å². The molecule has 0 unspecified atom stereocenters. The maximum atomic E-state index is 12.6. The monoisotopic (exact) mass is 476 g/mol. The molecule has 2 rings (SSSR count). The molecule has 31 heavy (non-hydrogen) atoms. The average molecular weight is 477 g/mol. The van der Waals surface area contributed by atoms with Gasteiger partial charge in [0.05, 0.1) is 6.61 Å². The molecule has 0 bridgehead atoms. The SMILES string of the molecule is CC(C)c1ccc(C(=O)NS(=O)(=O)c2ccccc2S(N)(=O)=O)cc1OCCC(F)F. The van der Waals surface area contributed by atoms with Crippen LogP contribution in [0.4, 0.5) is 8.78 Å². The summed E-state index contributed by atoms with van der Waals surface area (Å²) in [5, 5.41) is 5.05. The van der Waals surface area contributed by atoms with Gasteiger partial charge in [0.15, 0.2) is 0 Å². The van der Waals surface area contributed by atoms with Crippen LogP contribution >= 0.6 is 0 Å². The molecule has 8 nitrogen and oxygen atoms in total. The first kappa shape index (κ1) is 24.7. The van der Waals surface area contributed by atoms with Gasteiger partial charge in [-0.25, -0.2) is 35.5 Å². The van der Waals surface area contributed by atoms with Gasteiger partial charge < -0.3 is 4.74 Å². The summed E-state index contributed by atoms with van der Waals surface area (Å²) in [5.41, 5.74) is 0.529. The van der Waals surface area contributed by atoms with Crippen LogP contribution in [-0.4, -0.2) is 35.8 Å². The van der Waals surface area contributed by atoms with Crippen molar-refractivity contribution < 1.29 is 35.1 Å². The largest absolute Gasteiger partial charge is 0.493 e. The maximum absolute atomic E-state index is 12.6. The van der Waals surface area contributed by atoms with E-state index in [2.05, 4.69) is 0 Å². The van der Waals surface area contributed by atoms with Crippen molar-refractivity contribution in [3.8, 4) is 5.75 Å². The number of hydrogen-bond acceptors (Lipinski definition) is 6. The molecule has 0 heterocycles. The molecule has 0 aliphatic rings. The van der Waals surface area contributed by atoms with Gasteiger partial charge in [0.25, 0.3) is 15.9 Å². The van der Waals surface area contributed by atoms with Gasteiger partial charge in [-0.05, 0) is 35.7 Å². The number of carbonyl (C=O) groups excluding carboxylic acids is 1. The van der Waals surface area contributed by atoms with Crippen LogP contribution in [-0.2, 0) is 20.0 Å². The molecule has 2 aromatic rings. The van der Waals surface area contributed by atoms with Crippen molar-refractivity contribution in [2.45, 2.75) is 42.4 Å². The topological polar surface area (TPSA) is 133 Å². The molecular formula is C19H22F2N2O6S2. The third kappa shape index (κ3) is 6.45. The zero-order valence-corrected chi connectivity index (χ0v) is 18.3. The third-order valence-corrected chi connectivity index (χ3v) is 6.65. The van der Waals surface area contributed by atoms with Gasteiger partial charge >= 0.3 is 0 Å². The minimum absolute atomic E-state index is 0.0518. The first-order valence-corrected chi connectivity index (χ1v) is 12.1. The Bertz CT molecular complexity index is 1170. The Labute approximate surface area is 179 Å². The summed E-state index contributed by atoms with van der Waals surface area (Å²) in [4.78, 5) is 11.2. The standard InChI is InChI=1S/C19H22F2N2O6S2/c1-12(2)14-8-7-13(11-15(14)29-10-9-18(20)21)19(24)23-31(27,28)17-6-4-3-5-16(17)30(22,25)26/h3-8,11-12,18H,9-10H2,1-2H3,(H,23,24)(H2,22,25,26). The first-order chi connectivity index (χ1) is 14.3. The van der Waals surface area contributed by atoms with Crippen molar-refractivity contribution in [1.82, 2.24) is 4.72 Å². The van der Waals surface area contributed by atoms with E-state index in [4.69, 9.17) is 9.88 Å². The Morgan fingerprint density at radius 1 is 1.06 bits per heavy atom. The summed E-state index contributed by atoms with van der Waals surface area (Å²) in [7, 11) is -8.96. The molecular weight excluding hydrogens is 454 g/mol. The van der Waals surface area contributed by atoms with Crippen LogP contribution in [0.2, 0.25) is 0 Å². The molecule has 0 aliphatic carbocycles. The van der Waals surface area contributed by atoms with Gasteiger partial charge in [-0.2, -0.15) is 0 Å². The number of rotatable bonds is 9. The summed E-state index contributed by atoms with van der Waals surface area (Å²) < 4.78 is 80.6. The molecule has 0 radical (unpaired) electrons. The van der Waals surface area contributed by atoms with Crippen LogP contribution in [0, 0.1) is 0 Å². The van der Waals surface area contributed by atoms with Gasteiger partial charge in [-0.1, -0.05) is 32.0 Å². The van der Waals surface area contributed by atoms with Crippen LogP contribution in [0.3, 0.4) is 0 Å². The summed E-state index contributed by atoms with van der Waals surface area (Å²) in [6, 6.07) is 8.69. The maximum Gasteiger partial charge on any atom is 0.265 e. The number of alkyl halides is 2. The number of carbonyl (C=O) groups is 1. The Hall–Kier alpha value is -2.57. The second-order valence-electron chi connectivity index (χ2n) is 6.86. The molecule has 1 amide bonds. The Kier molecular flexibility index (Phi) is 7.73. The molecule has 0 fully saturated rings. The predicted octanol–water partition coefficient (Wildman–Crippen LogP) is 2.61. The Morgan fingerprint density at radius 3 is 2.23 bits per heavy atom. The number of nitrogens with two attached hydrogens (primary N) is 1. The van der Waals surface area contributed by atoms with E-state index in [0.29, 0.717) is 5.56 Å². The smallest absolute Gasteiger partial charge is 0.265 e. The van der Waals surface area contributed by atoms with Gasteiger partial charge in [-0.15, -0.1) is 0 Å². The third-order valence-electron chi connectivity index (χ3n) is 4.16. The molecule has 0 saturated carbocycles.